The number of hydrogen-bond acceptors (Lipinski definition) is 3. The third kappa shape index (κ3) is 3.27. The molecule has 4 nitrogen and oxygen atoms in total. The molecular weight excluding hydrogens is 330 g/mol. The van der Waals surface area contributed by atoms with Gasteiger partial charge >= 0.3 is 0 Å². The van der Waals surface area contributed by atoms with Crippen molar-refractivity contribution in [2.24, 2.45) is 0 Å². The van der Waals surface area contributed by atoms with E-state index in [1.54, 1.807) is 19.1 Å². The van der Waals surface area contributed by atoms with Crippen LogP contribution >= 0.6 is 15.9 Å². The molecule has 19 heavy (non-hydrogen) atoms. The Morgan fingerprint density at radius 2 is 1.74 bits per heavy atom. The molecule has 0 saturated carbocycles. The van der Waals surface area contributed by atoms with Gasteiger partial charge in [-0.3, -0.25) is 4.72 Å². The quantitative estimate of drug-likeness (QED) is 0.842. The highest BCUT2D eigenvalue weighted by atomic mass is 79.9. The van der Waals surface area contributed by atoms with Crippen molar-refractivity contribution in [3.05, 3.63) is 52.5 Å². The number of aromatic hydroxyl groups is 1. The fourth-order valence-electron chi connectivity index (χ4n) is 1.58. The Hall–Kier alpha value is -1.53. The zero-order valence-electron chi connectivity index (χ0n) is 10.1. The van der Waals surface area contributed by atoms with Gasteiger partial charge in [-0.1, -0.05) is 15.9 Å². The molecule has 0 saturated heterocycles. The van der Waals surface area contributed by atoms with Crippen LogP contribution in [0.15, 0.2) is 51.8 Å². The molecule has 0 aliphatic rings. The van der Waals surface area contributed by atoms with Gasteiger partial charge in [0.25, 0.3) is 10.0 Å². The lowest BCUT2D eigenvalue weighted by Crippen LogP contribution is -2.13. The van der Waals surface area contributed by atoms with Gasteiger partial charge in [0.1, 0.15) is 5.75 Å². The Morgan fingerprint density at radius 1 is 1.11 bits per heavy atom. The van der Waals surface area contributed by atoms with Gasteiger partial charge in [-0.25, -0.2) is 8.42 Å². The van der Waals surface area contributed by atoms with Gasteiger partial charge in [-0.05, 0) is 55.0 Å². The van der Waals surface area contributed by atoms with Gasteiger partial charge in [-0.2, -0.15) is 0 Å². The maximum Gasteiger partial charge on any atom is 0.261 e. The van der Waals surface area contributed by atoms with Crippen molar-refractivity contribution < 1.29 is 13.5 Å². The molecule has 0 fully saturated rings. The maximum absolute atomic E-state index is 12.2. The predicted octanol–water partition coefficient (Wildman–Crippen LogP) is 3.26. The Labute approximate surface area is 120 Å². The predicted molar refractivity (Wildman–Crippen MR) is 77.8 cm³/mol. The van der Waals surface area contributed by atoms with Crippen molar-refractivity contribution in [2.75, 3.05) is 4.72 Å². The Morgan fingerprint density at radius 3 is 2.32 bits per heavy atom. The summed E-state index contributed by atoms with van der Waals surface area (Å²) in [4.78, 5) is 0.183. The van der Waals surface area contributed by atoms with Gasteiger partial charge in [0.2, 0.25) is 0 Å². The molecule has 0 aliphatic carbocycles. The highest BCUT2D eigenvalue weighted by Gasteiger charge is 2.15. The Balaban J connectivity index is 2.33. The van der Waals surface area contributed by atoms with Crippen molar-refractivity contribution in [3.63, 3.8) is 0 Å². The molecule has 0 atom stereocenters. The van der Waals surface area contributed by atoms with E-state index in [1.807, 2.05) is 0 Å². The highest BCUT2D eigenvalue weighted by Crippen LogP contribution is 2.23. The van der Waals surface area contributed by atoms with Gasteiger partial charge in [-0.15, -0.1) is 0 Å². The molecule has 0 aliphatic heterocycles. The lowest BCUT2D eigenvalue weighted by atomic mass is 10.2. The minimum atomic E-state index is -3.62. The Bertz CT molecular complexity index is 696. The van der Waals surface area contributed by atoms with Crippen LogP contribution in [0, 0.1) is 6.92 Å². The van der Waals surface area contributed by atoms with E-state index in [1.165, 1.54) is 30.3 Å². The first-order chi connectivity index (χ1) is 8.88. The van der Waals surface area contributed by atoms with Crippen LogP contribution in [0.5, 0.6) is 5.75 Å². The van der Waals surface area contributed by atoms with Crippen LogP contribution in [-0.2, 0) is 10.0 Å². The van der Waals surface area contributed by atoms with Gasteiger partial charge in [0, 0.05) is 4.47 Å². The zero-order chi connectivity index (χ0) is 14.0. The first-order valence-electron chi connectivity index (χ1n) is 5.46. The first kappa shape index (κ1) is 13.9. The SMILES string of the molecule is Cc1cc(O)ccc1NS(=O)(=O)c1ccc(Br)cc1. The first-order valence-corrected chi connectivity index (χ1v) is 7.74. The molecule has 0 spiro atoms. The van der Waals surface area contributed by atoms with E-state index in [-0.39, 0.29) is 10.6 Å². The van der Waals surface area contributed by atoms with Crippen molar-refractivity contribution in [1.82, 2.24) is 0 Å². The van der Waals surface area contributed by atoms with Gasteiger partial charge in [0.05, 0.1) is 10.6 Å². The molecule has 2 rings (SSSR count). The summed E-state index contributed by atoms with van der Waals surface area (Å²) in [6, 6.07) is 10.8. The summed E-state index contributed by atoms with van der Waals surface area (Å²) >= 11 is 3.26. The third-order valence-corrected chi connectivity index (χ3v) is 4.49. The standard InChI is InChI=1S/C13H12BrNO3S/c1-9-8-11(16)4-7-13(9)15-19(17,18)12-5-2-10(14)3-6-12/h2-8,15-16H,1H3. The number of rotatable bonds is 3. The van der Waals surface area contributed by atoms with E-state index in [4.69, 9.17) is 0 Å². The lowest BCUT2D eigenvalue weighted by Gasteiger charge is -2.10. The molecular formula is C13H12BrNO3S. The van der Waals surface area contributed by atoms with Gasteiger partial charge in [0.15, 0.2) is 0 Å². The smallest absolute Gasteiger partial charge is 0.261 e. The maximum atomic E-state index is 12.2. The topological polar surface area (TPSA) is 66.4 Å². The molecule has 2 N–H and O–H groups in total. The van der Waals surface area contributed by atoms with E-state index in [9.17, 15) is 13.5 Å². The van der Waals surface area contributed by atoms with E-state index in [0.717, 1.165) is 4.47 Å². The van der Waals surface area contributed by atoms with Crippen LogP contribution in [0.1, 0.15) is 5.56 Å². The average Bonchev–Trinajstić information content (AvgIpc) is 2.33. The second-order valence-corrected chi connectivity index (χ2v) is 6.66. The molecule has 2 aromatic carbocycles. The number of phenols is 1. The number of phenolic OH excluding ortho intramolecular Hbond substituents is 1. The zero-order valence-corrected chi connectivity index (χ0v) is 12.5. The number of halogens is 1. The van der Waals surface area contributed by atoms with Crippen LogP contribution in [-0.4, -0.2) is 13.5 Å². The molecule has 0 heterocycles. The van der Waals surface area contributed by atoms with Crippen molar-refractivity contribution in [1.29, 1.82) is 0 Å². The van der Waals surface area contributed by atoms with Crippen molar-refractivity contribution >= 4 is 31.6 Å². The number of sulfonamides is 1. The minimum Gasteiger partial charge on any atom is -0.508 e. The fourth-order valence-corrected chi connectivity index (χ4v) is 2.97. The second kappa shape index (κ2) is 5.22. The van der Waals surface area contributed by atoms with E-state index in [0.29, 0.717) is 11.3 Å². The fraction of sp³-hybridized carbons (Fsp3) is 0.0769. The van der Waals surface area contributed by atoms with E-state index >= 15 is 0 Å². The molecule has 0 aromatic heterocycles. The molecule has 0 unspecified atom stereocenters. The summed E-state index contributed by atoms with van der Waals surface area (Å²) in [6.07, 6.45) is 0. The van der Waals surface area contributed by atoms with Crippen molar-refractivity contribution in [2.45, 2.75) is 11.8 Å². The van der Waals surface area contributed by atoms with Crippen molar-refractivity contribution in [3.8, 4) is 5.75 Å². The second-order valence-electron chi connectivity index (χ2n) is 4.06. The van der Waals surface area contributed by atoms with Crippen LogP contribution in [0.2, 0.25) is 0 Å². The van der Waals surface area contributed by atoms with E-state index in [2.05, 4.69) is 20.7 Å². The average molecular weight is 342 g/mol. The highest BCUT2D eigenvalue weighted by molar-refractivity contribution is 9.10. The number of nitrogens with one attached hydrogen (secondary N) is 1. The third-order valence-electron chi connectivity index (χ3n) is 2.58. The Kier molecular flexibility index (Phi) is 3.82. The number of hydrogen-bond donors (Lipinski definition) is 2. The molecule has 6 heteroatoms. The number of benzene rings is 2. The normalized spacial score (nSPS) is 11.3. The monoisotopic (exact) mass is 341 g/mol. The van der Waals surface area contributed by atoms with Crippen LogP contribution in [0.4, 0.5) is 5.69 Å². The molecule has 100 valence electrons. The van der Waals surface area contributed by atoms with Crippen LogP contribution < -0.4 is 4.72 Å². The number of anilines is 1. The lowest BCUT2D eigenvalue weighted by molar-refractivity contribution is 0.475. The summed E-state index contributed by atoms with van der Waals surface area (Å²) in [7, 11) is -3.62. The van der Waals surface area contributed by atoms with Crippen LogP contribution in [0.25, 0.3) is 0 Å². The molecule has 2 aromatic rings. The van der Waals surface area contributed by atoms with Crippen LogP contribution in [0.3, 0.4) is 0 Å². The number of aryl methyl sites for hydroxylation is 1. The molecule has 0 bridgehead atoms. The summed E-state index contributed by atoms with van der Waals surface area (Å²) in [5, 5.41) is 9.30. The van der Waals surface area contributed by atoms with E-state index < -0.39 is 10.0 Å². The summed E-state index contributed by atoms with van der Waals surface area (Å²) in [5.41, 5.74) is 1.10. The molecule has 0 amide bonds. The summed E-state index contributed by atoms with van der Waals surface area (Å²) in [6.45, 7) is 1.72. The summed E-state index contributed by atoms with van der Waals surface area (Å²) < 4.78 is 27.6. The van der Waals surface area contributed by atoms with Gasteiger partial charge < -0.3 is 5.11 Å². The molecule has 0 radical (unpaired) electrons. The largest absolute Gasteiger partial charge is 0.508 e. The minimum absolute atomic E-state index is 0.101. The summed E-state index contributed by atoms with van der Waals surface area (Å²) in [5.74, 6) is 0.101.